The van der Waals surface area contributed by atoms with Crippen LogP contribution in [-0.4, -0.2) is 23.9 Å². The fourth-order valence-electron chi connectivity index (χ4n) is 1.83. The lowest BCUT2D eigenvalue weighted by Crippen LogP contribution is -2.59. The van der Waals surface area contributed by atoms with Crippen molar-refractivity contribution in [3.05, 3.63) is 66.2 Å². The fraction of sp³-hybridized carbons (Fsp3) is 0.125. The molecular formula is C16H10F5NO3. The van der Waals surface area contributed by atoms with Crippen LogP contribution in [0.2, 0.25) is 0 Å². The summed E-state index contributed by atoms with van der Waals surface area (Å²) in [6.45, 7) is 0. The molecule has 0 saturated heterocycles. The summed E-state index contributed by atoms with van der Waals surface area (Å²) >= 11 is 0. The Balaban J connectivity index is 2.34. The van der Waals surface area contributed by atoms with Crippen LogP contribution in [0.15, 0.2) is 60.7 Å². The smallest absolute Gasteiger partial charge is 0.385 e. The molecule has 2 aromatic carbocycles. The van der Waals surface area contributed by atoms with Gasteiger partial charge in [-0.15, -0.1) is 0 Å². The van der Waals surface area contributed by atoms with Crippen LogP contribution in [0.3, 0.4) is 0 Å². The number of para-hydroxylation sites is 1. The van der Waals surface area contributed by atoms with E-state index in [1.807, 2.05) is 0 Å². The highest BCUT2D eigenvalue weighted by Crippen LogP contribution is 2.41. The van der Waals surface area contributed by atoms with E-state index in [0.29, 0.717) is 0 Å². The van der Waals surface area contributed by atoms with Gasteiger partial charge in [-0.1, -0.05) is 40.9 Å². The van der Waals surface area contributed by atoms with E-state index in [2.05, 4.69) is 4.74 Å². The summed E-state index contributed by atoms with van der Waals surface area (Å²) in [5, 5.41) is -1.42. The summed E-state index contributed by atoms with van der Waals surface area (Å²) in [7, 11) is 0. The third kappa shape index (κ3) is 3.59. The number of anilines is 1. The lowest BCUT2D eigenvalue weighted by atomic mass is 10.2. The van der Waals surface area contributed by atoms with Gasteiger partial charge < -0.3 is 4.74 Å². The van der Waals surface area contributed by atoms with Gasteiger partial charge in [0, 0.05) is 0 Å². The summed E-state index contributed by atoms with van der Waals surface area (Å²) in [4.78, 5) is 23.4. The van der Waals surface area contributed by atoms with Gasteiger partial charge >= 0.3 is 23.9 Å². The minimum Gasteiger partial charge on any atom is -0.385 e. The van der Waals surface area contributed by atoms with Gasteiger partial charge in [-0.05, 0) is 24.3 Å². The number of nitrogens with zero attached hydrogens (tertiary/aromatic N) is 1. The normalized spacial score (nSPS) is 13.6. The zero-order valence-electron chi connectivity index (χ0n) is 12.3. The van der Waals surface area contributed by atoms with Crippen molar-refractivity contribution in [3.63, 3.8) is 0 Å². The lowest BCUT2D eigenvalue weighted by molar-refractivity contribution is -0.243. The minimum absolute atomic E-state index is 0.300. The highest BCUT2D eigenvalue weighted by atomic mass is 19.4. The van der Waals surface area contributed by atoms with Crippen molar-refractivity contribution in [3.8, 4) is 0 Å². The van der Waals surface area contributed by atoms with Crippen molar-refractivity contribution < 1.29 is 36.4 Å². The third-order valence-corrected chi connectivity index (χ3v) is 3.09. The van der Waals surface area contributed by atoms with E-state index in [1.54, 1.807) is 0 Å². The topological polar surface area (TPSA) is 46.6 Å². The Labute approximate surface area is 138 Å². The molecule has 0 N–H and O–H groups in total. The lowest BCUT2D eigenvalue weighted by Gasteiger charge is -2.30. The van der Waals surface area contributed by atoms with Crippen LogP contribution in [0.1, 0.15) is 10.4 Å². The molecule has 0 amide bonds. The van der Waals surface area contributed by atoms with Gasteiger partial charge in [0.05, 0.1) is 11.3 Å². The van der Waals surface area contributed by atoms with Crippen molar-refractivity contribution in [1.29, 1.82) is 0 Å². The molecule has 0 radical (unpaired) electrons. The average Bonchev–Trinajstić information content (AvgIpc) is 2.60. The Morgan fingerprint density at radius 2 is 1.32 bits per heavy atom. The molecule has 1 atom stereocenters. The van der Waals surface area contributed by atoms with Crippen molar-refractivity contribution >= 4 is 17.6 Å². The van der Waals surface area contributed by atoms with E-state index < -0.39 is 34.7 Å². The molecule has 0 aliphatic rings. The Hall–Kier alpha value is -2.97. The van der Waals surface area contributed by atoms with Gasteiger partial charge in [0.15, 0.2) is 0 Å². The summed E-state index contributed by atoms with van der Waals surface area (Å²) < 4.78 is 71.7. The number of carbonyl (C=O) groups is 2. The largest absolute Gasteiger partial charge is 0.456 e. The average molecular weight is 359 g/mol. The zero-order chi connectivity index (χ0) is 18.7. The molecule has 0 unspecified atom stereocenters. The standard InChI is InChI=1S/C16H10F5NO3/c17-15(16(18,19)20,22(21)12-9-5-2-6-10-12)14(24)25-13(23)11-7-3-1-4-8-11/h1-10H/t15-/m1/s1. The number of carbonyl (C=O) groups excluding carboxylic acids is 2. The van der Waals surface area contributed by atoms with Crippen molar-refractivity contribution in [1.82, 2.24) is 0 Å². The maximum atomic E-state index is 14.4. The Morgan fingerprint density at radius 3 is 1.80 bits per heavy atom. The second kappa shape index (κ2) is 6.88. The number of esters is 2. The molecule has 0 aromatic heterocycles. The van der Waals surface area contributed by atoms with Crippen LogP contribution in [0.25, 0.3) is 0 Å². The van der Waals surface area contributed by atoms with E-state index in [-0.39, 0.29) is 5.56 Å². The van der Waals surface area contributed by atoms with E-state index in [9.17, 15) is 31.6 Å². The first-order valence-electron chi connectivity index (χ1n) is 6.76. The first-order valence-corrected chi connectivity index (χ1v) is 6.76. The molecule has 9 heteroatoms. The zero-order valence-corrected chi connectivity index (χ0v) is 12.3. The number of rotatable bonds is 4. The van der Waals surface area contributed by atoms with Crippen LogP contribution in [0.4, 0.5) is 27.7 Å². The molecule has 0 aliphatic carbocycles. The molecule has 2 aromatic rings. The quantitative estimate of drug-likeness (QED) is 0.272. The third-order valence-electron chi connectivity index (χ3n) is 3.09. The van der Waals surface area contributed by atoms with Gasteiger partial charge in [0.1, 0.15) is 0 Å². The van der Waals surface area contributed by atoms with Crippen LogP contribution in [-0.2, 0) is 9.53 Å². The molecular weight excluding hydrogens is 349 g/mol. The number of hydrogen-bond donors (Lipinski definition) is 0. The van der Waals surface area contributed by atoms with Gasteiger partial charge in [-0.2, -0.15) is 22.7 Å². The predicted octanol–water partition coefficient (Wildman–Crippen LogP) is 3.99. The maximum absolute atomic E-state index is 14.4. The molecule has 132 valence electrons. The molecule has 4 nitrogen and oxygen atoms in total. The Kier molecular flexibility index (Phi) is 5.05. The van der Waals surface area contributed by atoms with Crippen molar-refractivity contribution in [2.24, 2.45) is 0 Å². The summed E-state index contributed by atoms with van der Waals surface area (Å²) in [5.41, 5.74) is -1.18. The Morgan fingerprint density at radius 1 is 0.840 bits per heavy atom. The summed E-state index contributed by atoms with van der Waals surface area (Å²) in [5.74, 6) is -9.47. The first-order chi connectivity index (χ1) is 11.7. The molecule has 0 fully saturated rings. The summed E-state index contributed by atoms with van der Waals surface area (Å²) in [6, 6.07) is 11.7. The first kappa shape index (κ1) is 18.4. The predicted molar refractivity (Wildman–Crippen MR) is 76.8 cm³/mol. The van der Waals surface area contributed by atoms with Gasteiger partial charge in [-0.25, -0.2) is 9.59 Å². The van der Waals surface area contributed by atoms with E-state index in [0.717, 1.165) is 36.4 Å². The number of alkyl halides is 4. The molecule has 0 aliphatic heterocycles. The molecule has 25 heavy (non-hydrogen) atoms. The second-order valence-corrected chi connectivity index (χ2v) is 4.78. The monoisotopic (exact) mass is 359 g/mol. The van der Waals surface area contributed by atoms with Crippen LogP contribution in [0, 0.1) is 0 Å². The van der Waals surface area contributed by atoms with E-state index in [4.69, 9.17) is 0 Å². The van der Waals surface area contributed by atoms with Crippen LogP contribution in [0.5, 0.6) is 0 Å². The highest BCUT2D eigenvalue weighted by molar-refractivity contribution is 6.00. The number of hydrogen-bond acceptors (Lipinski definition) is 4. The molecule has 0 bridgehead atoms. The minimum atomic E-state index is -6.01. The second-order valence-electron chi connectivity index (χ2n) is 4.78. The van der Waals surface area contributed by atoms with E-state index in [1.165, 1.54) is 24.3 Å². The molecule has 0 heterocycles. The van der Waals surface area contributed by atoms with Gasteiger partial charge in [0.2, 0.25) is 0 Å². The number of benzene rings is 2. The van der Waals surface area contributed by atoms with E-state index >= 15 is 0 Å². The number of ether oxygens (including phenoxy) is 1. The van der Waals surface area contributed by atoms with Crippen LogP contribution < -0.4 is 5.12 Å². The maximum Gasteiger partial charge on any atom is 0.456 e. The highest BCUT2D eigenvalue weighted by Gasteiger charge is 2.69. The summed E-state index contributed by atoms with van der Waals surface area (Å²) in [6.07, 6.45) is -6.01. The number of halogens is 5. The van der Waals surface area contributed by atoms with Crippen molar-refractivity contribution in [2.75, 3.05) is 5.12 Å². The molecule has 0 spiro atoms. The Bertz CT molecular complexity index is 751. The SMILES string of the molecule is O=C(OC(=O)[C@@](F)(N(F)c1ccccc1)C(F)(F)F)c1ccccc1. The van der Waals surface area contributed by atoms with Gasteiger partial charge in [0.25, 0.3) is 0 Å². The van der Waals surface area contributed by atoms with Crippen LogP contribution >= 0.6 is 0 Å². The van der Waals surface area contributed by atoms with Crippen molar-refractivity contribution in [2.45, 2.75) is 12.0 Å². The fourth-order valence-corrected chi connectivity index (χ4v) is 1.83. The van der Waals surface area contributed by atoms with Gasteiger partial charge in [-0.3, -0.25) is 0 Å². The molecule has 0 saturated carbocycles. The molecule has 2 rings (SSSR count).